The molecule has 0 aliphatic rings. The van der Waals surface area contributed by atoms with Crippen LogP contribution in [0, 0.1) is 18.3 Å². The number of nitriles is 1. The summed E-state index contributed by atoms with van der Waals surface area (Å²) >= 11 is 0. The molecule has 1 N–H and O–H groups in total. The van der Waals surface area contributed by atoms with Gasteiger partial charge in [-0.25, -0.2) is 4.98 Å². The van der Waals surface area contributed by atoms with Gasteiger partial charge in [-0.3, -0.25) is 4.68 Å². The van der Waals surface area contributed by atoms with E-state index in [-0.39, 0.29) is 11.6 Å². The van der Waals surface area contributed by atoms with Gasteiger partial charge in [0.25, 0.3) is 0 Å². The molecule has 0 saturated carbocycles. The number of anilines is 1. The lowest BCUT2D eigenvalue weighted by Gasteiger charge is -2.19. The fourth-order valence-electron chi connectivity index (χ4n) is 2.82. The predicted molar refractivity (Wildman–Crippen MR) is 100 cm³/mol. The maximum absolute atomic E-state index is 8.99. The van der Waals surface area contributed by atoms with Gasteiger partial charge in [0, 0.05) is 17.1 Å². The molecule has 0 aliphatic heterocycles. The first-order valence-corrected chi connectivity index (χ1v) is 8.42. The van der Waals surface area contributed by atoms with Crippen molar-refractivity contribution in [2.45, 2.75) is 46.2 Å². The lowest BCUT2D eigenvalue weighted by molar-refractivity contribution is 0.354. The average Bonchev–Trinajstić information content (AvgIpc) is 2.96. The third-order valence-electron chi connectivity index (χ3n) is 4.27. The van der Waals surface area contributed by atoms with Crippen molar-refractivity contribution in [1.29, 1.82) is 5.26 Å². The molecule has 5 nitrogen and oxygen atoms in total. The van der Waals surface area contributed by atoms with E-state index >= 15 is 0 Å². The summed E-state index contributed by atoms with van der Waals surface area (Å²) in [5.41, 5.74) is 3.67. The number of pyridine rings is 1. The van der Waals surface area contributed by atoms with Gasteiger partial charge in [0.15, 0.2) is 0 Å². The topological polar surface area (TPSA) is 66.5 Å². The minimum Gasteiger partial charge on any atom is -0.363 e. The number of hydrogen-bond donors (Lipinski definition) is 1. The Labute approximate surface area is 148 Å². The Morgan fingerprint density at radius 3 is 2.60 bits per heavy atom. The molecule has 2 heterocycles. The lowest BCUT2D eigenvalue weighted by atomic mass is 10.1. The maximum atomic E-state index is 8.99. The zero-order valence-electron chi connectivity index (χ0n) is 15.3. The van der Waals surface area contributed by atoms with Crippen molar-refractivity contribution in [3.8, 4) is 6.07 Å². The Morgan fingerprint density at radius 1 is 1.20 bits per heavy atom. The van der Waals surface area contributed by atoms with Gasteiger partial charge in [0.2, 0.25) is 0 Å². The van der Waals surface area contributed by atoms with Crippen LogP contribution in [0.4, 0.5) is 5.82 Å². The van der Waals surface area contributed by atoms with Crippen LogP contribution in [0.2, 0.25) is 0 Å². The van der Waals surface area contributed by atoms with Crippen LogP contribution in [0.1, 0.15) is 50.6 Å². The van der Waals surface area contributed by atoms with Gasteiger partial charge in [0.1, 0.15) is 5.82 Å². The Bertz CT molecular complexity index is 956. The maximum Gasteiger partial charge on any atom is 0.127 e. The molecule has 0 fully saturated rings. The van der Waals surface area contributed by atoms with Crippen molar-refractivity contribution in [3.05, 3.63) is 53.3 Å². The van der Waals surface area contributed by atoms with Crippen LogP contribution in [0.5, 0.6) is 0 Å². The summed E-state index contributed by atoms with van der Waals surface area (Å²) in [5, 5.41) is 18.1. The van der Waals surface area contributed by atoms with Crippen molar-refractivity contribution in [2.75, 3.05) is 5.32 Å². The SMILES string of the molecule is Cc1nn(C(C)(C)C)cc1C(C)Nc1ccc2cc(C#N)ccc2n1. The molecule has 0 radical (unpaired) electrons. The first-order chi connectivity index (χ1) is 11.8. The van der Waals surface area contributed by atoms with E-state index in [4.69, 9.17) is 5.26 Å². The first kappa shape index (κ1) is 17.0. The van der Waals surface area contributed by atoms with Gasteiger partial charge < -0.3 is 5.32 Å². The monoisotopic (exact) mass is 333 g/mol. The highest BCUT2D eigenvalue weighted by Gasteiger charge is 2.19. The molecule has 1 atom stereocenters. The zero-order valence-corrected chi connectivity index (χ0v) is 15.3. The van der Waals surface area contributed by atoms with Crippen LogP contribution in [0.3, 0.4) is 0 Å². The van der Waals surface area contributed by atoms with Crippen LogP contribution in [-0.2, 0) is 5.54 Å². The minimum absolute atomic E-state index is 0.0393. The Morgan fingerprint density at radius 2 is 1.96 bits per heavy atom. The van der Waals surface area contributed by atoms with E-state index in [2.05, 4.69) is 55.4 Å². The van der Waals surface area contributed by atoms with E-state index in [1.54, 1.807) is 6.07 Å². The molecule has 128 valence electrons. The van der Waals surface area contributed by atoms with Crippen molar-refractivity contribution < 1.29 is 0 Å². The van der Waals surface area contributed by atoms with E-state index in [9.17, 15) is 0 Å². The van der Waals surface area contributed by atoms with Crippen LogP contribution in [-0.4, -0.2) is 14.8 Å². The second kappa shape index (κ2) is 6.21. The summed E-state index contributed by atoms with van der Waals surface area (Å²) in [6, 6.07) is 11.7. The number of fused-ring (bicyclic) bond motifs is 1. The van der Waals surface area contributed by atoms with E-state index in [0.717, 1.165) is 28.0 Å². The molecule has 2 aromatic heterocycles. The van der Waals surface area contributed by atoms with Crippen LogP contribution in [0.25, 0.3) is 10.9 Å². The summed E-state index contributed by atoms with van der Waals surface area (Å²) in [6.45, 7) is 10.6. The molecular formula is C20H23N5. The van der Waals surface area contributed by atoms with Gasteiger partial charge in [-0.05, 0) is 65.0 Å². The summed E-state index contributed by atoms with van der Waals surface area (Å²) in [4.78, 5) is 4.65. The number of rotatable bonds is 3. The molecule has 25 heavy (non-hydrogen) atoms. The summed E-state index contributed by atoms with van der Waals surface area (Å²) in [7, 11) is 0. The Kier molecular flexibility index (Phi) is 4.22. The van der Waals surface area contributed by atoms with Crippen molar-refractivity contribution in [2.24, 2.45) is 0 Å². The summed E-state index contributed by atoms with van der Waals surface area (Å²) in [6.07, 6.45) is 2.10. The second-order valence-corrected chi connectivity index (χ2v) is 7.37. The number of aromatic nitrogens is 3. The van der Waals surface area contributed by atoms with E-state index < -0.39 is 0 Å². The molecule has 1 aromatic carbocycles. The highest BCUT2D eigenvalue weighted by Crippen LogP contribution is 2.25. The number of nitrogens with one attached hydrogen (secondary N) is 1. The first-order valence-electron chi connectivity index (χ1n) is 8.42. The van der Waals surface area contributed by atoms with Crippen LogP contribution in [0.15, 0.2) is 36.5 Å². The molecule has 0 spiro atoms. The number of nitrogens with zero attached hydrogens (tertiary/aromatic N) is 4. The fraction of sp³-hybridized carbons (Fsp3) is 0.350. The average molecular weight is 333 g/mol. The molecule has 0 bridgehead atoms. The highest BCUT2D eigenvalue weighted by atomic mass is 15.3. The molecule has 5 heteroatoms. The predicted octanol–water partition coefficient (Wildman–Crippen LogP) is 4.54. The molecule has 3 aromatic rings. The van der Waals surface area contributed by atoms with Gasteiger partial charge in [-0.2, -0.15) is 10.4 Å². The summed E-state index contributed by atoms with van der Waals surface area (Å²) < 4.78 is 2.01. The van der Waals surface area contributed by atoms with Crippen molar-refractivity contribution in [3.63, 3.8) is 0 Å². The quantitative estimate of drug-likeness (QED) is 0.764. The van der Waals surface area contributed by atoms with E-state index in [1.165, 1.54) is 0 Å². The molecule has 0 amide bonds. The molecule has 0 aliphatic carbocycles. The van der Waals surface area contributed by atoms with Crippen LogP contribution < -0.4 is 5.32 Å². The van der Waals surface area contributed by atoms with Crippen LogP contribution >= 0.6 is 0 Å². The number of aryl methyl sites for hydroxylation is 1. The standard InChI is InChI=1S/C20H23N5/c1-13(17-12-25(20(3,4)5)24-14(17)2)22-19-9-7-16-10-15(11-21)6-8-18(16)23-19/h6-10,12-13H,1-5H3,(H,22,23). The van der Waals surface area contributed by atoms with Crippen molar-refractivity contribution in [1.82, 2.24) is 14.8 Å². The third-order valence-corrected chi connectivity index (χ3v) is 4.27. The molecule has 3 rings (SSSR count). The molecule has 0 saturated heterocycles. The zero-order chi connectivity index (χ0) is 18.2. The Balaban J connectivity index is 1.86. The van der Waals surface area contributed by atoms with E-state index in [0.29, 0.717) is 5.56 Å². The molecular weight excluding hydrogens is 310 g/mol. The smallest absolute Gasteiger partial charge is 0.127 e. The third kappa shape index (κ3) is 3.48. The largest absolute Gasteiger partial charge is 0.363 e. The van der Waals surface area contributed by atoms with Gasteiger partial charge in [-0.1, -0.05) is 0 Å². The second-order valence-electron chi connectivity index (χ2n) is 7.37. The fourth-order valence-corrected chi connectivity index (χ4v) is 2.82. The highest BCUT2D eigenvalue weighted by molar-refractivity contribution is 5.81. The lowest BCUT2D eigenvalue weighted by Crippen LogP contribution is -2.22. The molecule has 1 unspecified atom stereocenters. The van der Waals surface area contributed by atoms with Gasteiger partial charge >= 0.3 is 0 Å². The number of benzene rings is 1. The van der Waals surface area contributed by atoms with Gasteiger partial charge in [-0.15, -0.1) is 0 Å². The van der Waals surface area contributed by atoms with E-state index in [1.807, 2.05) is 35.9 Å². The minimum atomic E-state index is -0.0393. The normalized spacial score (nSPS) is 12.8. The van der Waals surface area contributed by atoms with Gasteiger partial charge in [0.05, 0.1) is 34.4 Å². The Hall–Kier alpha value is -2.87. The van der Waals surface area contributed by atoms with Crippen molar-refractivity contribution >= 4 is 16.7 Å². The summed E-state index contributed by atoms with van der Waals surface area (Å²) in [5.74, 6) is 0.813. The number of hydrogen-bond acceptors (Lipinski definition) is 4.